The summed E-state index contributed by atoms with van der Waals surface area (Å²) < 4.78 is 38.8. The van der Waals surface area contributed by atoms with Crippen molar-refractivity contribution in [2.45, 2.75) is 58.4 Å². The summed E-state index contributed by atoms with van der Waals surface area (Å²) in [6, 6.07) is 15.4. The average molecular weight is 631 g/mol. The Labute approximate surface area is 265 Å². The highest BCUT2D eigenvalue weighted by Gasteiger charge is 2.24. The molecule has 0 fully saturated rings. The van der Waals surface area contributed by atoms with Crippen LogP contribution in [0.1, 0.15) is 62.3 Å². The Balaban J connectivity index is 1.40. The van der Waals surface area contributed by atoms with Gasteiger partial charge in [-0.25, -0.2) is 13.8 Å². The molecule has 45 heavy (non-hydrogen) atoms. The van der Waals surface area contributed by atoms with Crippen LogP contribution in [0.15, 0.2) is 67.1 Å². The van der Waals surface area contributed by atoms with E-state index in [0.717, 1.165) is 41.9 Å². The van der Waals surface area contributed by atoms with Gasteiger partial charge < -0.3 is 14.8 Å². The summed E-state index contributed by atoms with van der Waals surface area (Å²) in [5.74, 6) is 0.295. The summed E-state index contributed by atoms with van der Waals surface area (Å²) in [7, 11) is 0. The lowest BCUT2D eigenvalue weighted by molar-refractivity contribution is -0.136. The van der Waals surface area contributed by atoms with Crippen LogP contribution in [0.5, 0.6) is 11.5 Å². The van der Waals surface area contributed by atoms with Crippen molar-refractivity contribution in [1.82, 2.24) is 19.7 Å². The lowest BCUT2D eigenvalue weighted by atomic mass is 9.87. The van der Waals surface area contributed by atoms with Crippen LogP contribution in [0.3, 0.4) is 0 Å². The number of carboxylic acids is 1. The number of fused-ring (bicyclic) bond motifs is 8. The Morgan fingerprint density at radius 3 is 2.87 bits per heavy atom. The fourth-order valence-electron chi connectivity index (χ4n) is 6.01. The zero-order valence-corrected chi connectivity index (χ0v) is 26.2. The van der Waals surface area contributed by atoms with E-state index in [-0.39, 0.29) is 29.2 Å². The van der Waals surface area contributed by atoms with Crippen molar-refractivity contribution in [1.29, 1.82) is 0 Å². The molecule has 2 N–H and O–H groups in total. The molecule has 7 nitrogen and oxygen atoms in total. The fourth-order valence-corrected chi connectivity index (χ4v) is 7.20. The number of imidazole rings is 1. The summed E-state index contributed by atoms with van der Waals surface area (Å²) >= 11 is 1.83. The standard InChI is InChI=1S/C35H36F2N4O3S/c1-35(2)14-4-7-31(23-6-3-5-22(17-23)8-11-32(42)43)41-15-12-29(40-41)26-18-24(9-10-27(26)36)44-34-25(13-16-45-20-35)33-30(19-28(34)37)38-21-39-33/h3,5-6,9-10,12,15,17-19,21,31H,4,7-8,11,13-14,16,20H2,1-2H3,(H,38,39)(H,42,43). The second-order valence-corrected chi connectivity index (χ2v) is 13.5. The van der Waals surface area contributed by atoms with E-state index in [0.29, 0.717) is 40.9 Å². The van der Waals surface area contributed by atoms with Gasteiger partial charge in [0.25, 0.3) is 0 Å². The Morgan fingerprint density at radius 1 is 1.16 bits per heavy atom. The summed E-state index contributed by atoms with van der Waals surface area (Å²) in [5.41, 5.74) is 4.68. The number of halogens is 2. The highest BCUT2D eigenvalue weighted by atomic mass is 32.2. The van der Waals surface area contributed by atoms with Crippen molar-refractivity contribution < 1.29 is 23.4 Å². The number of H-pyrrole nitrogens is 1. The van der Waals surface area contributed by atoms with Gasteiger partial charge in [-0.05, 0) is 78.0 Å². The molecule has 2 aromatic heterocycles. The van der Waals surface area contributed by atoms with Gasteiger partial charge in [-0.3, -0.25) is 9.48 Å². The quantitative estimate of drug-likeness (QED) is 0.207. The Morgan fingerprint density at radius 2 is 2.02 bits per heavy atom. The molecule has 1 atom stereocenters. The van der Waals surface area contributed by atoms with Gasteiger partial charge in [0.1, 0.15) is 11.6 Å². The number of hydrogen-bond donors (Lipinski definition) is 2. The molecule has 1 aliphatic heterocycles. The van der Waals surface area contributed by atoms with E-state index in [1.807, 2.05) is 40.8 Å². The fraction of sp³-hybridized carbons (Fsp3) is 0.343. The molecule has 0 radical (unpaired) electrons. The van der Waals surface area contributed by atoms with Crippen LogP contribution in [0.2, 0.25) is 0 Å². The van der Waals surface area contributed by atoms with E-state index in [2.05, 4.69) is 29.9 Å². The predicted molar refractivity (Wildman–Crippen MR) is 173 cm³/mol. The first-order valence-electron chi connectivity index (χ1n) is 15.2. The number of ether oxygens (including phenoxy) is 1. The Bertz CT molecular complexity index is 1830. The van der Waals surface area contributed by atoms with Crippen LogP contribution in [0, 0.1) is 17.0 Å². The zero-order chi connectivity index (χ0) is 31.6. The molecule has 3 heterocycles. The summed E-state index contributed by atoms with van der Waals surface area (Å²) in [6.45, 7) is 4.54. The number of aromatic nitrogens is 4. The average Bonchev–Trinajstić information content (AvgIpc) is 3.68. The van der Waals surface area contributed by atoms with Crippen molar-refractivity contribution in [2.75, 3.05) is 11.5 Å². The zero-order valence-electron chi connectivity index (χ0n) is 25.4. The second kappa shape index (κ2) is 13.0. The number of nitrogens with zero attached hydrogens (tertiary/aromatic N) is 3. The van der Waals surface area contributed by atoms with Crippen LogP contribution >= 0.6 is 11.8 Å². The van der Waals surface area contributed by atoms with E-state index < -0.39 is 17.6 Å². The smallest absolute Gasteiger partial charge is 0.303 e. The van der Waals surface area contributed by atoms with Gasteiger partial charge in [0.05, 0.1) is 29.1 Å². The van der Waals surface area contributed by atoms with Gasteiger partial charge in [0.2, 0.25) is 0 Å². The number of aryl methyl sites for hydroxylation is 2. The monoisotopic (exact) mass is 630 g/mol. The highest BCUT2D eigenvalue weighted by Crippen LogP contribution is 2.38. The van der Waals surface area contributed by atoms with Crippen LogP contribution < -0.4 is 4.74 Å². The van der Waals surface area contributed by atoms with Gasteiger partial charge in [-0.15, -0.1) is 0 Å². The van der Waals surface area contributed by atoms with Crippen molar-refractivity contribution >= 4 is 28.8 Å². The number of nitrogens with one attached hydrogen (secondary N) is 1. The molecular weight excluding hydrogens is 594 g/mol. The maximum atomic E-state index is 15.5. The lowest BCUT2D eigenvalue weighted by Gasteiger charge is -2.26. The third-order valence-electron chi connectivity index (χ3n) is 8.36. The van der Waals surface area contributed by atoms with Gasteiger partial charge >= 0.3 is 5.97 Å². The van der Waals surface area contributed by atoms with Crippen LogP contribution in [-0.2, 0) is 17.6 Å². The maximum Gasteiger partial charge on any atom is 0.303 e. The number of hydrogen-bond acceptors (Lipinski definition) is 5. The number of carbonyl (C=O) groups is 1. The summed E-state index contributed by atoms with van der Waals surface area (Å²) in [5, 5.41) is 14.0. The molecule has 6 rings (SSSR count). The molecule has 0 saturated heterocycles. The van der Waals surface area contributed by atoms with Crippen molar-refractivity contribution in [3.05, 3.63) is 95.4 Å². The number of benzene rings is 3. The Hall–Kier alpha value is -4.18. The topological polar surface area (TPSA) is 93.0 Å². The van der Waals surface area contributed by atoms with Gasteiger partial charge in [-0.2, -0.15) is 16.9 Å². The van der Waals surface area contributed by atoms with Gasteiger partial charge in [0.15, 0.2) is 11.6 Å². The first-order chi connectivity index (χ1) is 21.7. The molecule has 0 amide bonds. The molecule has 3 aromatic carbocycles. The third-order valence-corrected chi connectivity index (χ3v) is 9.84. The minimum atomic E-state index is -0.831. The van der Waals surface area contributed by atoms with E-state index in [4.69, 9.17) is 9.84 Å². The molecule has 1 unspecified atom stereocenters. The largest absolute Gasteiger partial charge is 0.481 e. The molecule has 10 heteroatoms. The minimum Gasteiger partial charge on any atom is -0.481 e. The van der Waals surface area contributed by atoms with Crippen molar-refractivity contribution in [3.63, 3.8) is 0 Å². The lowest BCUT2D eigenvalue weighted by Crippen LogP contribution is -2.17. The molecular formula is C35H36F2N4O3S. The van der Waals surface area contributed by atoms with E-state index in [9.17, 15) is 9.90 Å². The van der Waals surface area contributed by atoms with E-state index >= 15 is 8.78 Å². The second-order valence-electron chi connectivity index (χ2n) is 12.4. The van der Waals surface area contributed by atoms with Gasteiger partial charge in [0, 0.05) is 29.8 Å². The number of thioether (sulfide) groups is 1. The van der Waals surface area contributed by atoms with E-state index in [1.165, 1.54) is 18.2 Å². The maximum absolute atomic E-state index is 15.5. The van der Waals surface area contributed by atoms with Crippen LogP contribution in [-0.4, -0.2) is 42.3 Å². The molecule has 1 aliphatic rings. The van der Waals surface area contributed by atoms with E-state index in [1.54, 1.807) is 18.5 Å². The van der Waals surface area contributed by atoms with Crippen LogP contribution in [0.25, 0.3) is 22.3 Å². The molecule has 4 bridgehead atoms. The normalized spacial score (nSPS) is 17.2. The summed E-state index contributed by atoms with van der Waals surface area (Å²) in [6.07, 6.45) is 7.21. The highest BCUT2D eigenvalue weighted by molar-refractivity contribution is 7.99. The van der Waals surface area contributed by atoms with Crippen molar-refractivity contribution in [3.8, 4) is 22.8 Å². The number of rotatable bonds is 4. The predicted octanol–water partition coefficient (Wildman–Crippen LogP) is 8.59. The first-order valence-corrected chi connectivity index (χ1v) is 16.4. The number of carboxylic acid groups (broad SMARTS) is 1. The number of aliphatic carboxylic acids is 1. The Kier molecular flexibility index (Phi) is 8.94. The molecule has 5 aromatic rings. The molecule has 0 saturated carbocycles. The number of aromatic amines is 1. The third kappa shape index (κ3) is 7.06. The molecule has 0 spiro atoms. The van der Waals surface area contributed by atoms with Crippen LogP contribution in [0.4, 0.5) is 8.78 Å². The SMILES string of the molecule is CC1(C)CCCC(c2cccc(CCC(=O)O)c2)n2ccc(n2)-c2cc(ccc2F)Oc2c(F)cc3[nH]cnc3c2CCSC1. The minimum absolute atomic E-state index is 0.0583. The molecule has 234 valence electrons. The molecule has 0 aliphatic carbocycles. The summed E-state index contributed by atoms with van der Waals surface area (Å²) in [4.78, 5) is 18.7. The van der Waals surface area contributed by atoms with Crippen molar-refractivity contribution in [2.24, 2.45) is 5.41 Å². The van der Waals surface area contributed by atoms with Gasteiger partial charge in [-0.1, -0.05) is 44.5 Å². The first kappa shape index (κ1) is 30.8.